The molecule has 0 fully saturated rings. The van der Waals surface area contributed by atoms with Crippen molar-refractivity contribution in [3.63, 3.8) is 0 Å². The lowest BCUT2D eigenvalue weighted by atomic mass is 10.1. The van der Waals surface area contributed by atoms with Gasteiger partial charge in [-0.1, -0.05) is 18.2 Å². The van der Waals surface area contributed by atoms with Gasteiger partial charge in [-0.3, -0.25) is 0 Å². The van der Waals surface area contributed by atoms with Gasteiger partial charge in [0.15, 0.2) is 11.5 Å². The van der Waals surface area contributed by atoms with Gasteiger partial charge in [0, 0.05) is 6.04 Å². The molecule has 20 heavy (non-hydrogen) atoms. The predicted molar refractivity (Wildman–Crippen MR) is 75.9 cm³/mol. The Bertz CT molecular complexity index is 593. The molecule has 104 valence electrons. The van der Waals surface area contributed by atoms with Crippen LogP contribution in [0.3, 0.4) is 0 Å². The highest BCUT2D eigenvalue weighted by Crippen LogP contribution is 2.32. The van der Waals surface area contributed by atoms with E-state index in [2.05, 4.69) is 0 Å². The first-order valence-corrected chi connectivity index (χ1v) is 6.59. The molecule has 4 heteroatoms. The second-order valence-electron chi connectivity index (χ2n) is 4.83. The monoisotopic (exact) mass is 271 g/mol. The van der Waals surface area contributed by atoms with E-state index in [1.165, 1.54) is 0 Å². The van der Waals surface area contributed by atoms with E-state index in [1.807, 2.05) is 49.4 Å². The van der Waals surface area contributed by atoms with E-state index >= 15 is 0 Å². The molecule has 0 aliphatic carbocycles. The molecule has 4 nitrogen and oxygen atoms in total. The maximum absolute atomic E-state index is 5.81. The Hall–Kier alpha value is -2.20. The van der Waals surface area contributed by atoms with Crippen LogP contribution in [0.4, 0.5) is 0 Å². The molecule has 2 N–H and O–H groups in total. The van der Waals surface area contributed by atoms with Crippen molar-refractivity contribution in [2.24, 2.45) is 5.73 Å². The van der Waals surface area contributed by atoms with Crippen molar-refractivity contribution in [2.45, 2.75) is 19.6 Å². The summed E-state index contributed by atoms with van der Waals surface area (Å²) in [5, 5.41) is 0. The third kappa shape index (κ3) is 2.70. The fraction of sp³-hybridized carbons (Fsp3) is 0.250. The van der Waals surface area contributed by atoms with Crippen LogP contribution in [0.5, 0.6) is 17.2 Å². The van der Waals surface area contributed by atoms with Gasteiger partial charge >= 0.3 is 0 Å². The molecule has 0 saturated heterocycles. The van der Waals surface area contributed by atoms with Gasteiger partial charge in [0.25, 0.3) is 0 Å². The predicted octanol–water partition coefficient (Wildman–Crippen LogP) is 3.01. The normalized spacial score (nSPS) is 14.1. The van der Waals surface area contributed by atoms with Crippen LogP contribution in [0.1, 0.15) is 24.1 Å². The lowest BCUT2D eigenvalue weighted by molar-refractivity contribution is 0.174. The number of ether oxygens (including phenoxy) is 3. The van der Waals surface area contributed by atoms with Crippen LogP contribution in [-0.2, 0) is 6.61 Å². The Morgan fingerprint density at radius 1 is 1.10 bits per heavy atom. The van der Waals surface area contributed by atoms with E-state index in [4.69, 9.17) is 19.9 Å². The van der Waals surface area contributed by atoms with Crippen LogP contribution < -0.4 is 19.9 Å². The summed E-state index contributed by atoms with van der Waals surface area (Å²) in [7, 11) is 0. The third-order valence-corrected chi connectivity index (χ3v) is 3.25. The molecule has 1 aliphatic rings. The lowest BCUT2D eigenvalue weighted by Gasteiger charge is -2.09. The van der Waals surface area contributed by atoms with Crippen LogP contribution in [0, 0.1) is 0 Å². The molecule has 1 heterocycles. The minimum Gasteiger partial charge on any atom is -0.489 e. The van der Waals surface area contributed by atoms with Crippen LogP contribution in [0.25, 0.3) is 0 Å². The zero-order valence-corrected chi connectivity index (χ0v) is 11.3. The lowest BCUT2D eigenvalue weighted by Crippen LogP contribution is -2.04. The van der Waals surface area contributed by atoms with E-state index in [1.54, 1.807) is 0 Å². The largest absolute Gasteiger partial charge is 0.489 e. The molecule has 0 spiro atoms. The van der Waals surface area contributed by atoms with E-state index < -0.39 is 0 Å². The number of hydrogen-bond acceptors (Lipinski definition) is 4. The summed E-state index contributed by atoms with van der Waals surface area (Å²) in [5.41, 5.74) is 7.96. The molecule has 0 radical (unpaired) electrons. The molecule has 2 aromatic carbocycles. The van der Waals surface area contributed by atoms with Crippen molar-refractivity contribution >= 4 is 0 Å². The SMILES string of the molecule is CC(N)c1ccc(OCc2ccc3c(c2)OCO3)cc1. The van der Waals surface area contributed by atoms with Crippen molar-refractivity contribution in [2.75, 3.05) is 6.79 Å². The first kappa shape index (κ1) is 12.8. The Morgan fingerprint density at radius 3 is 2.60 bits per heavy atom. The molecule has 2 aromatic rings. The van der Waals surface area contributed by atoms with Crippen LogP contribution in [0.2, 0.25) is 0 Å². The smallest absolute Gasteiger partial charge is 0.231 e. The summed E-state index contributed by atoms with van der Waals surface area (Å²) in [6.45, 7) is 2.75. The highest BCUT2D eigenvalue weighted by Gasteiger charge is 2.13. The number of hydrogen-bond donors (Lipinski definition) is 1. The van der Waals surface area contributed by atoms with Crippen molar-refractivity contribution in [1.82, 2.24) is 0 Å². The fourth-order valence-electron chi connectivity index (χ4n) is 2.07. The van der Waals surface area contributed by atoms with Crippen molar-refractivity contribution < 1.29 is 14.2 Å². The third-order valence-electron chi connectivity index (χ3n) is 3.25. The van der Waals surface area contributed by atoms with Gasteiger partial charge in [-0.05, 0) is 42.3 Å². The zero-order valence-electron chi connectivity index (χ0n) is 11.3. The standard InChI is InChI=1S/C16H17NO3/c1-11(17)13-3-5-14(6-4-13)18-9-12-2-7-15-16(8-12)20-10-19-15/h2-8,11H,9-10,17H2,1H3. The summed E-state index contributed by atoms with van der Waals surface area (Å²) in [6, 6.07) is 13.7. The van der Waals surface area contributed by atoms with Gasteiger partial charge in [0.1, 0.15) is 12.4 Å². The average molecular weight is 271 g/mol. The molecule has 0 bridgehead atoms. The fourth-order valence-corrected chi connectivity index (χ4v) is 2.07. The van der Waals surface area contributed by atoms with Gasteiger partial charge in [-0.15, -0.1) is 0 Å². The van der Waals surface area contributed by atoms with Crippen molar-refractivity contribution in [1.29, 1.82) is 0 Å². The minimum absolute atomic E-state index is 0.0397. The van der Waals surface area contributed by atoms with Gasteiger partial charge in [0.05, 0.1) is 0 Å². The Balaban J connectivity index is 1.64. The van der Waals surface area contributed by atoms with E-state index in [0.29, 0.717) is 13.4 Å². The number of fused-ring (bicyclic) bond motifs is 1. The first-order valence-electron chi connectivity index (χ1n) is 6.59. The molecule has 0 saturated carbocycles. The Kier molecular flexibility index (Phi) is 3.48. The Labute approximate surface area is 118 Å². The highest BCUT2D eigenvalue weighted by molar-refractivity contribution is 5.44. The first-order chi connectivity index (χ1) is 9.72. The molecule has 1 unspecified atom stereocenters. The summed E-state index contributed by atoms with van der Waals surface area (Å²) in [6.07, 6.45) is 0. The van der Waals surface area contributed by atoms with Gasteiger partial charge in [-0.2, -0.15) is 0 Å². The summed E-state index contributed by atoms with van der Waals surface area (Å²) < 4.78 is 16.4. The zero-order chi connectivity index (χ0) is 13.9. The van der Waals surface area contributed by atoms with Crippen LogP contribution >= 0.6 is 0 Å². The summed E-state index contributed by atoms with van der Waals surface area (Å²) in [5.74, 6) is 2.39. The minimum atomic E-state index is 0.0397. The van der Waals surface area contributed by atoms with E-state index in [0.717, 1.165) is 28.4 Å². The molecule has 3 rings (SSSR count). The summed E-state index contributed by atoms with van der Waals surface area (Å²) in [4.78, 5) is 0. The topological polar surface area (TPSA) is 53.7 Å². The number of nitrogens with two attached hydrogens (primary N) is 1. The van der Waals surface area contributed by atoms with Gasteiger partial charge in [-0.25, -0.2) is 0 Å². The average Bonchev–Trinajstić information content (AvgIpc) is 2.93. The second-order valence-corrected chi connectivity index (χ2v) is 4.83. The Morgan fingerprint density at radius 2 is 1.85 bits per heavy atom. The quantitative estimate of drug-likeness (QED) is 0.928. The molecule has 0 amide bonds. The molecule has 1 atom stereocenters. The van der Waals surface area contributed by atoms with Crippen molar-refractivity contribution in [3.8, 4) is 17.2 Å². The number of benzene rings is 2. The van der Waals surface area contributed by atoms with Gasteiger partial charge in [0.2, 0.25) is 6.79 Å². The van der Waals surface area contributed by atoms with Crippen LogP contribution in [0.15, 0.2) is 42.5 Å². The van der Waals surface area contributed by atoms with Crippen molar-refractivity contribution in [3.05, 3.63) is 53.6 Å². The van der Waals surface area contributed by atoms with Gasteiger partial charge < -0.3 is 19.9 Å². The maximum atomic E-state index is 5.81. The summed E-state index contributed by atoms with van der Waals surface area (Å²) >= 11 is 0. The van der Waals surface area contributed by atoms with Crippen LogP contribution in [-0.4, -0.2) is 6.79 Å². The molecular weight excluding hydrogens is 254 g/mol. The van der Waals surface area contributed by atoms with E-state index in [9.17, 15) is 0 Å². The van der Waals surface area contributed by atoms with E-state index in [-0.39, 0.29) is 6.04 Å². The molecule has 0 aromatic heterocycles. The molecule has 1 aliphatic heterocycles. The number of rotatable bonds is 4. The highest BCUT2D eigenvalue weighted by atomic mass is 16.7. The maximum Gasteiger partial charge on any atom is 0.231 e. The second kappa shape index (κ2) is 5.43. The molecular formula is C16H17NO3.